The molecule has 0 aliphatic rings. The van der Waals surface area contributed by atoms with Crippen molar-refractivity contribution >= 4 is 22.2 Å². The summed E-state index contributed by atoms with van der Waals surface area (Å²) in [6, 6.07) is 1.58. The fraction of sp³-hybridized carbons (Fsp3) is 0.182. The van der Waals surface area contributed by atoms with Crippen molar-refractivity contribution in [3.63, 3.8) is 0 Å². The molecule has 1 amide bonds. The molecule has 3 aromatic heterocycles. The first-order chi connectivity index (χ1) is 9.20. The number of nitrogens with zero attached hydrogens (tertiary/aromatic N) is 4. The highest BCUT2D eigenvalue weighted by Crippen LogP contribution is 2.20. The van der Waals surface area contributed by atoms with Crippen molar-refractivity contribution in [1.82, 2.24) is 24.5 Å². The molecule has 3 heterocycles. The van der Waals surface area contributed by atoms with E-state index in [2.05, 4.69) is 15.4 Å². The van der Waals surface area contributed by atoms with Gasteiger partial charge in [0.25, 0.3) is 5.91 Å². The van der Waals surface area contributed by atoms with E-state index in [1.54, 1.807) is 28.3 Å². The predicted octanol–water partition coefficient (Wildman–Crippen LogP) is 0.400. The Bertz CT molecular complexity index is 739. The van der Waals surface area contributed by atoms with Gasteiger partial charge in [-0.25, -0.2) is 4.68 Å². The Balaban J connectivity index is 2.14. The first kappa shape index (κ1) is 11.9. The van der Waals surface area contributed by atoms with E-state index in [0.29, 0.717) is 12.4 Å². The van der Waals surface area contributed by atoms with E-state index in [-0.39, 0.29) is 5.69 Å². The van der Waals surface area contributed by atoms with E-state index in [9.17, 15) is 4.79 Å². The fourth-order valence-electron chi connectivity index (χ4n) is 1.91. The largest absolute Gasteiger partial charge is 0.364 e. The Labute approximate surface area is 112 Å². The Hall–Kier alpha value is -2.19. The molecule has 19 heavy (non-hydrogen) atoms. The molecule has 98 valence electrons. The van der Waals surface area contributed by atoms with Crippen LogP contribution in [0, 0.1) is 0 Å². The summed E-state index contributed by atoms with van der Waals surface area (Å²) in [6.07, 6.45) is 3.65. The van der Waals surface area contributed by atoms with Gasteiger partial charge in [0.1, 0.15) is 5.69 Å². The molecular formula is C11H12N6OS. The summed E-state index contributed by atoms with van der Waals surface area (Å²) in [5, 5.41) is 9.22. The third kappa shape index (κ3) is 1.90. The van der Waals surface area contributed by atoms with Crippen molar-refractivity contribution in [2.75, 3.05) is 7.05 Å². The van der Waals surface area contributed by atoms with Gasteiger partial charge in [0.15, 0.2) is 10.8 Å². The standard InChI is InChI=1S/C11H12N6OS/c1-13-6-8-10(14-11-16(8)4-5-19-11)17-3-2-7(15-17)9(12)18/h2-5,13H,6H2,1H3,(H2,12,18). The molecule has 0 aliphatic heterocycles. The average Bonchev–Trinajstić information content (AvgIpc) is 3.04. The number of rotatable bonds is 4. The molecule has 3 aromatic rings. The summed E-state index contributed by atoms with van der Waals surface area (Å²) in [5.41, 5.74) is 6.42. The number of carbonyl (C=O) groups excluding carboxylic acids is 1. The maximum Gasteiger partial charge on any atom is 0.269 e. The lowest BCUT2D eigenvalue weighted by molar-refractivity contribution is 0.0995. The van der Waals surface area contributed by atoms with Crippen LogP contribution in [0.4, 0.5) is 0 Å². The molecule has 8 heteroatoms. The summed E-state index contributed by atoms with van der Waals surface area (Å²) in [6.45, 7) is 0.652. The number of carbonyl (C=O) groups is 1. The second-order valence-electron chi connectivity index (χ2n) is 3.98. The second-order valence-corrected chi connectivity index (χ2v) is 4.85. The number of amides is 1. The SMILES string of the molecule is CNCc1c(-n2ccc(C(N)=O)n2)nc2sccn12. The third-order valence-electron chi connectivity index (χ3n) is 2.74. The summed E-state index contributed by atoms with van der Waals surface area (Å²) >= 11 is 1.55. The van der Waals surface area contributed by atoms with Crippen molar-refractivity contribution in [1.29, 1.82) is 0 Å². The normalized spacial score (nSPS) is 11.2. The topological polar surface area (TPSA) is 90.2 Å². The summed E-state index contributed by atoms with van der Waals surface area (Å²) in [5.74, 6) is 0.156. The van der Waals surface area contributed by atoms with E-state index in [4.69, 9.17) is 5.73 Å². The Kier molecular flexibility index (Phi) is 2.80. The van der Waals surface area contributed by atoms with E-state index in [0.717, 1.165) is 10.7 Å². The molecule has 0 saturated carbocycles. The van der Waals surface area contributed by atoms with Crippen molar-refractivity contribution < 1.29 is 4.79 Å². The lowest BCUT2D eigenvalue weighted by Gasteiger charge is -2.02. The third-order valence-corrected chi connectivity index (χ3v) is 3.50. The Morgan fingerprint density at radius 1 is 1.53 bits per heavy atom. The van der Waals surface area contributed by atoms with Gasteiger partial charge in [0, 0.05) is 24.3 Å². The van der Waals surface area contributed by atoms with E-state index in [1.807, 2.05) is 23.0 Å². The molecule has 0 saturated heterocycles. The number of nitrogens with two attached hydrogens (primary N) is 1. The van der Waals surface area contributed by atoms with Gasteiger partial charge in [-0.3, -0.25) is 9.20 Å². The first-order valence-corrected chi connectivity index (χ1v) is 6.53. The van der Waals surface area contributed by atoms with Gasteiger partial charge in [-0.15, -0.1) is 11.3 Å². The number of thiazole rings is 1. The van der Waals surface area contributed by atoms with Gasteiger partial charge in [-0.2, -0.15) is 10.1 Å². The van der Waals surface area contributed by atoms with Crippen molar-refractivity contribution in [3.05, 3.63) is 35.2 Å². The molecule has 0 radical (unpaired) electrons. The smallest absolute Gasteiger partial charge is 0.269 e. The highest BCUT2D eigenvalue weighted by atomic mass is 32.1. The van der Waals surface area contributed by atoms with Crippen LogP contribution in [-0.2, 0) is 6.54 Å². The van der Waals surface area contributed by atoms with Crippen LogP contribution in [0.15, 0.2) is 23.8 Å². The molecule has 0 fully saturated rings. The van der Waals surface area contributed by atoms with Crippen molar-refractivity contribution in [2.45, 2.75) is 6.54 Å². The van der Waals surface area contributed by atoms with Gasteiger partial charge in [0.2, 0.25) is 0 Å². The Morgan fingerprint density at radius 2 is 2.37 bits per heavy atom. The molecule has 0 atom stereocenters. The molecule has 0 spiro atoms. The van der Waals surface area contributed by atoms with E-state index >= 15 is 0 Å². The summed E-state index contributed by atoms with van der Waals surface area (Å²) in [4.78, 5) is 16.5. The molecule has 0 bridgehead atoms. The summed E-state index contributed by atoms with van der Waals surface area (Å²) < 4.78 is 3.58. The van der Waals surface area contributed by atoms with Gasteiger partial charge in [0.05, 0.1) is 5.69 Å². The minimum Gasteiger partial charge on any atom is -0.364 e. The number of imidazole rings is 1. The van der Waals surface area contributed by atoms with Crippen LogP contribution in [0.3, 0.4) is 0 Å². The zero-order valence-corrected chi connectivity index (χ0v) is 11.0. The maximum atomic E-state index is 11.1. The number of hydrogen-bond acceptors (Lipinski definition) is 5. The average molecular weight is 276 g/mol. The molecule has 7 nitrogen and oxygen atoms in total. The lowest BCUT2D eigenvalue weighted by atomic mass is 10.4. The van der Waals surface area contributed by atoms with Crippen molar-refractivity contribution in [2.24, 2.45) is 5.73 Å². The molecule has 0 unspecified atom stereocenters. The molecule has 3 N–H and O–H groups in total. The fourth-order valence-corrected chi connectivity index (χ4v) is 2.64. The zero-order valence-electron chi connectivity index (χ0n) is 10.2. The predicted molar refractivity (Wildman–Crippen MR) is 71.5 cm³/mol. The van der Waals surface area contributed by atoms with Crippen LogP contribution in [0.1, 0.15) is 16.2 Å². The van der Waals surface area contributed by atoms with Crippen LogP contribution in [0.2, 0.25) is 0 Å². The van der Waals surface area contributed by atoms with Crippen LogP contribution >= 0.6 is 11.3 Å². The number of aromatic nitrogens is 4. The highest BCUT2D eigenvalue weighted by molar-refractivity contribution is 7.15. The summed E-state index contributed by atoms with van der Waals surface area (Å²) in [7, 11) is 1.87. The minimum absolute atomic E-state index is 0.228. The maximum absolute atomic E-state index is 11.1. The molecule has 0 aliphatic carbocycles. The first-order valence-electron chi connectivity index (χ1n) is 5.65. The number of primary amides is 1. The van der Waals surface area contributed by atoms with Crippen LogP contribution in [-0.4, -0.2) is 32.1 Å². The van der Waals surface area contributed by atoms with E-state index < -0.39 is 5.91 Å². The minimum atomic E-state index is -0.546. The van der Waals surface area contributed by atoms with Gasteiger partial charge < -0.3 is 11.1 Å². The number of hydrogen-bond donors (Lipinski definition) is 2. The van der Waals surface area contributed by atoms with Crippen LogP contribution in [0.25, 0.3) is 10.8 Å². The highest BCUT2D eigenvalue weighted by Gasteiger charge is 2.16. The second kappa shape index (κ2) is 4.48. The van der Waals surface area contributed by atoms with E-state index in [1.165, 1.54) is 0 Å². The number of nitrogens with one attached hydrogen (secondary N) is 1. The molecular weight excluding hydrogens is 264 g/mol. The molecule has 3 rings (SSSR count). The number of fused-ring (bicyclic) bond motifs is 1. The van der Waals surface area contributed by atoms with Crippen LogP contribution in [0.5, 0.6) is 0 Å². The van der Waals surface area contributed by atoms with Gasteiger partial charge >= 0.3 is 0 Å². The van der Waals surface area contributed by atoms with Gasteiger partial charge in [-0.05, 0) is 13.1 Å². The van der Waals surface area contributed by atoms with Crippen LogP contribution < -0.4 is 11.1 Å². The van der Waals surface area contributed by atoms with Gasteiger partial charge in [-0.1, -0.05) is 0 Å². The lowest BCUT2D eigenvalue weighted by Crippen LogP contribution is -2.14. The zero-order chi connectivity index (χ0) is 13.4. The molecule has 0 aromatic carbocycles. The van der Waals surface area contributed by atoms with Crippen molar-refractivity contribution in [3.8, 4) is 5.82 Å². The Morgan fingerprint density at radius 3 is 3.05 bits per heavy atom. The monoisotopic (exact) mass is 276 g/mol. The quantitative estimate of drug-likeness (QED) is 0.721.